The Balaban J connectivity index is 1.42. The van der Waals surface area contributed by atoms with Gasteiger partial charge in [-0.15, -0.1) is 11.3 Å². The van der Waals surface area contributed by atoms with Crippen LogP contribution in [0.5, 0.6) is 0 Å². The normalized spacial score (nSPS) is 16.7. The lowest BCUT2D eigenvalue weighted by molar-refractivity contribution is -0.135. The van der Waals surface area contributed by atoms with Gasteiger partial charge in [-0.05, 0) is 51.0 Å². The highest BCUT2D eigenvalue weighted by Gasteiger charge is 2.32. The SMILES string of the molecule is CC(C)(Sc1nc(CCNc2ccc(F)cc2)cs1)C(=O)OPC1CCCCCCCCC1. The summed E-state index contributed by atoms with van der Waals surface area (Å²) in [6.07, 6.45) is 12.3. The van der Waals surface area contributed by atoms with Gasteiger partial charge in [0.05, 0.1) is 14.5 Å². The molecule has 1 N–H and O–H groups in total. The van der Waals surface area contributed by atoms with Gasteiger partial charge in [0, 0.05) is 29.7 Å². The second-order valence-corrected chi connectivity index (χ2v) is 13.1. The van der Waals surface area contributed by atoms with Crippen LogP contribution in [0.4, 0.5) is 10.1 Å². The molecular formula is C25H36FN2O2PS2. The maximum absolute atomic E-state index is 13.0. The van der Waals surface area contributed by atoms with Gasteiger partial charge in [0.1, 0.15) is 10.6 Å². The zero-order valence-corrected chi connectivity index (χ0v) is 22.3. The summed E-state index contributed by atoms with van der Waals surface area (Å²) in [5, 5.41) is 5.32. The Morgan fingerprint density at radius 1 is 1.15 bits per heavy atom. The first kappa shape index (κ1) is 26.4. The van der Waals surface area contributed by atoms with Crippen LogP contribution in [0, 0.1) is 5.82 Å². The van der Waals surface area contributed by atoms with E-state index in [0.717, 1.165) is 22.1 Å². The van der Waals surface area contributed by atoms with E-state index in [9.17, 15) is 9.18 Å². The number of carbonyl (C=O) groups is 1. The second-order valence-electron chi connectivity index (χ2n) is 9.16. The molecule has 0 amide bonds. The minimum atomic E-state index is -0.662. The summed E-state index contributed by atoms with van der Waals surface area (Å²) in [5.74, 6) is -0.378. The Morgan fingerprint density at radius 3 is 2.45 bits per heavy atom. The molecule has 182 valence electrons. The molecule has 0 bridgehead atoms. The molecule has 0 spiro atoms. The van der Waals surface area contributed by atoms with E-state index in [4.69, 9.17) is 9.51 Å². The molecule has 0 saturated heterocycles. The summed E-state index contributed by atoms with van der Waals surface area (Å²) in [4.78, 5) is 17.5. The first-order chi connectivity index (χ1) is 15.9. The van der Waals surface area contributed by atoms with Crippen molar-refractivity contribution in [1.82, 2.24) is 4.98 Å². The Morgan fingerprint density at radius 2 is 1.79 bits per heavy atom. The Hall–Kier alpha value is -1.17. The third kappa shape index (κ3) is 9.54. The van der Waals surface area contributed by atoms with Crippen LogP contribution in [-0.4, -0.2) is 27.9 Å². The number of thioether (sulfide) groups is 1. The summed E-state index contributed by atoms with van der Waals surface area (Å²) in [7, 11) is 0.262. The Labute approximate surface area is 207 Å². The highest BCUT2D eigenvalue weighted by molar-refractivity contribution is 8.03. The topological polar surface area (TPSA) is 51.2 Å². The molecule has 1 aromatic heterocycles. The van der Waals surface area contributed by atoms with Crippen LogP contribution in [0.3, 0.4) is 0 Å². The zero-order chi connectivity index (χ0) is 23.5. The van der Waals surface area contributed by atoms with Gasteiger partial charge in [0.2, 0.25) is 0 Å². The number of hydrogen-bond donors (Lipinski definition) is 1. The first-order valence-electron chi connectivity index (χ1n) is 12.0. The van der Waals surface area contributed by atoms with Crippen LogP contribution < -0.4 is 5.32 Å². The smallest absolute Gasteiger partial charge is 0.324 e. The maximum Gasteiger partial charge on any atom is 0.324 e. The van der Waals surface area contributed by atoms with E-state index in [1.165, 1.54) is 81.7 Å². The largest absolute Gasteiger partial charge is 0.447 e. The highest BCUT2D eigenvalue weighted by atomic mass is 32.2. The van der Waals surface area contributed by atoms with Gasteiger partial charge in [-0.25, -0.2) is 9.37 Å². The summed E-state index contributed by atoms with van der Waals surface area (Å²) < 4.78 is 19.0. The van der Waals surface area contributed by atoms with E-state index in [1.54, 1.807) is 23.5 Å². The molecule has 33 heavy (non-hydrogen) atoms. The Bertz CT molecular complexity index is 850. The van der Waals surface area contributed by atoms with Gasteiger partial charge in [0.15, 0.2) is 4.34 Å². The molecule has 2 aromatic rings. The second kappa shape index (κ2) is 13.7. The van der Waals surface area contributed by atoms with Gasteiger partial charge in [-0.1, -0.05) is 56.7 Å². The molecule has 1 aliphatic carbocycles. The molecule has 0 radical (unpaired) electrons. The number of thiazole rings is 1. The van der Waals surface area contributed by atoms with E-state index in [-0.39, 0.29) is 20.6 Å². The molecule has 4 nitrogen and oxygen atoms in total. The lowest BCUT2D eigenvalue weighted by Gasteiger charge is -2.23. The molecule has 8 heteroatoms. The third-order valence-corrected chi connectivity index (χ3v) is 9.22. The molecule has 1 aromatic carbocycles. The van der Waals surface area contributed by atoms with Crippen LogP contribution >= 0.6 is 31.9 Å². The fourth-order valence-corrected chi connectivity index (χ4v) is 7.31. The van der Waals surface area contributed by atoms with E-state index in [1.807, 2.05) is 19.2 Å². The van der Waals surface area contributed by atoms with Crippen LogP contribution in [0.2, 0.25) is 0 Å². The van der Waals surface area contributed by atoms with Crippen molar-refractivity contribution in [3.05, 3.63) is 41.2 Å². The summed E-state index contributed by atoms with van der Waals surface area (Å²) in [6, 6.07) is 6.35. The summed E-state index contributed by atoms with van der Waals surface area (Å²) >= 11 is 3.05. The highest BCUT2D eigenvalue weighted by Crippen LogP contribution is 2.39. The lowest BCUT2D eigenvalue weighted by atomic mass is 10.0. The Kier molecular flexibility index (Phi) is 10.9. The predicted molar refractivity (Wildman–Crippen MR) is 140 cm³/mol. The van der Waals surface area contributed by atoms with Crippen molar-refractivity contribution in [1.29, 1.82) is 0 Å². The number of halogens is 1. The molecule has 3 rings (SSSR count). The molecule has 1 atom stereocenters. The van der Waals surface area contributed by atoms with Gasteiger partial charge in [-0.2, -0.15) is 0 Å². The number of anilines is 1. The molecule has 0 aliphatic heterocycles. The van der Waals surface area contributed by atoms with E-state index in [0.29, 0.717) is 12.2 Å². The van der Waals surface area contributed by atoms with Crippen molar-refractivity contribution in [2.75, 3.05) is 11.9 Å². The fraction of sp³-hybridized carbons (Fsp3) is 0.600. The van der Waals surface area contributed by atoms with Crippen molar-refractivity contribution in [3.8, 4) is 0 Å². The molecule has 1 fully saturated rings. The van der Waals surface area contributed by atoms with E-state index < -0.39 is 4.75 Å². The van der Waals surface area contributed by atoms with Gasteiger partial charge in [-0.3, -0.25) is 4.79 Å². The molecule has 1 unspecified atom stereocenters. The average Bonchev–Trinajstić information content (AvgIpc) is 3.23. The minimum Gasteiger partial charge on any atom is -0.447 e. The number of rotatable bonds is 9. The van der Waals surface area contributed by atoms with Crippen LogP contribution in [0.25, 0.3) is 0 Å². The predicted octanol–water partition coefficient (Wildman–Crippen LogP) is 7.84. The number of benzene rings is 1. The standard InChI is InChI=1S/C25H36FN2O2PS2/c1-25(2,23(29)30-31-22-10-8-6-4-3-5-7-9-11-22)33-24-28-21(18-32-24)16-17-27-20-14-12-19(26)13-15-20/h12-15,18,22,27,31H,3-11,16-17H2,1-2H3. The van der Waals surface area contributed by atoms with Gasteiger partial charge >= 0.3 is 5.97 Å². The summed E-state index contributed by atoms with van der Waals surface area (Å²) in [6.45, 7) is 4.57. The van der Waals surface area contributed by atoms with Crippen LogP contribution in [-0.2, 0) is 15.7 Å². The zero-order valence-electron chi connectivity index (χ0n) is 19.7. The quantitative estimate of drug-likeness (QED) is 0.275. The first-order valence-corrected chi connectivity index (χ1v) is 14.7. The number of nitrogens with one attached hydrogen (secondary N) is 1. The van der Waals surface area contributed by atoms with E-state index in [2.05, 4.69) is 5.32 Å². The number of aromatic nitrogens is 1. The monoisotopic (exact) mass is 510 g/mol. The molecular weight excluding hydrogens is 474 g/mol. The van der Waals surface area contributed by atoms with Crippen LogP contribution in [0.15, 0.2) is 34.0 Å². The lowest BCUT2D eigenvalue weighted by Crippen LogP contribution is -2.28. The van der Waals surface area contributed by atoms with Gasteiger partial charge in [0.25, 0.3) is 0 Å². The molecule has 1 aliphatic rings. The van der Waals surface area contributed by atoms with Crippen LogP contribution in [0.1, 0.15) is 77.3 Å². The van der Waals surface area contributed by atoms with E-state index >= 15 is 0 Å². The van der Waals surface area contributed by atoms with Crippen molar-refractivity contribution >= 4 is 43.6 Å². The number of nitrogens with zero attached hydrogens (tertiary/aromatic N) is 1. The van der Waals surface area contributed by atoms with Gasteiger partial charge < -0.3 is 9.84 Å². The van der Waals surface area contributed by atoms with Crippen molar-refractivity contribution in [2.45, 2.75) is 92.8 Å². The molecule has 1 heterocycles. The molecule has 1 saturated carbocycles. The van der Waals surface area contributed by atoms with Crippen molar-refractivity contribution in [3.63, 3.8) is 0 Å². The van der Waals surface area contributed by atoms with Crippen molar-refractivity contribution < 1.29 is 13.7 Å². The maximum atomic E-state index is 13.0. The third-order valence-electron chi connectivity index (χ3n) is 5.84. The minimum absolute atomic E-state index is 0.141. The number of carbonyl (C=O) groups excluding carboxylic acids is 1. The summed E-state index contributed by atoms with van der Waals surface area (Å²) in [5.41, 5.74) is 2.40. The fourth-order valence-electron chi connectivity index (χ4n) is 3.80. The van der Waals surface area contributed by atoms with Crippen molar-refractivity contribution in [2.24, 2.45) is 0 Å². The number of hydrogen-bond acceptors (Lipinski definition) is 6. The average molecular weight is 511 g/mol.